The van der Waals surface area contributed by atoms with Crippen molar-refractivity contribution in [2.24, 2.45) is 5.92 Å². The highest BCUT2D eigenvalue weighted by molar-refractivity contribution is 7.80. The minimum absolute atomic E-state index is 0.182. The summed E-state index contributed by atoms with van der Waals surface area (Å²) in [5.74, 6) is 3.96. The second-order valence-electron chi connectivity index (χ2n) is 13.9. The van der Waals surface area contributed by atoms with Crippen LogP contribution >= 0.6 is 15.8 Å². The first-order valence-electron chi connectivity index (χ1n) is 19.0. The van der Waals surface area contributed by atoms with Crippen molar-refractivity contribution >= 4 is 42.4 Å². The molecule has 56 heavy (non-hydrogen) atoms. The van der Waals surface area contributed by atoms with Crippen LogP contribution in [0.5, 0.6) is 28.7 Å². The predicted octanol–water partition coefficient (Wildman–Crippen LogP) is 9.41. The van der Waals surface area contributed by atoms with Crippen molar-refractivity contribution in [3.63, 3.8) is 0 Å². The number of benzene rings is 5. The molecule has 0 spiro atoms. The average molecular weight is 787 g/mol. The third-order valence-electron chi connectivity index (χ3n) is 10.1. The van der Waals surface area contributed by atoms with E-state index in [1.165, 1.54) is 5.57 Å². The molecule has 0 saturated carbocycles. The molecule has 0 fully saturated rings. The molecule has 1 aliphatic heterocycles. The fraction of sp³-hybridized carbons (Fsp3) is 0.250. The SMILES string of the molecule is C=C/C=C\C1=C(/P(c2ccc(OC)cc2)c2ccc(OC)cc2)O[C@@H](Cc2cccc(P(c3ccc(OC)cc3)c3ccc(OC)cc3)c2O)CCCC(C)C1. The van der Waals surface area contributed by atoms with E-state index >= 15 is 0 Å². The lowest BCUT2D eigenvalue weighted by atomic mass is 9.95. The molecule has 0 aromatic heterocycles. The molecular weight excluding hydrogens is 734 g/mol. The molecule has 1 aliphatic rings. The van der Waals surface area contributed by atoms with Gasteiger partial charge in [0.05, 0.1) is 28.4 Å². The summed E-state index contributed by atoms with van der Waals surface area (Å²) < 4.78 is 29.5. The standard InChI is InChI=1S/C48H52O6P2/c1-7-8-12-36-32-34(2)11-9-14-41(54-48(36)56(44-28-20-39(52-5)21-29-44)45-30-22-40(53-6)23-31-45)33-35-13-10-15-46(47(35)49)55(42-24-16-37(50-3)17-25-42)43-26-18-38(51-4)19-27-43/h7-8,10,12-13,15-31,34,41,49H,1,9,11,14,32-33H2,2-6H3/b12-8-,48-36+/t34?,41-/m1/s1. The number of aromatic hydroxyl groups is 1. The topological polar surface area (TPSA) is 66.4 Å². The van der Waals surface area contributed by atoms with E-state index in [0.29, 0.717) is 18.1 Å². The van der Waals surface area contributed by atoms with Crippen LogP contribution in [0.15, 0.2) is 151 Å². The lowest BCUT2D eigenvalue weighted by Gasteiger charge is -2.29. The number of rotatable bonds is 14. The van der Waals surface area contributed by atoms with Gasteiger partial charge in [-0.15, -0.1) is 0 Å². The van der Waals surface area contributed by atoms with Gasteiger partial charge < -0.3 is 28.8 Å². The Balaban J connectivity index is 1.45. The zero-order valence-electron chi connectivity index (χ0n) is 33.0. The Bertz CT molecular complexity index is 2000. The summed E-state index contributed by atoms with van der Waals surface area (Å²) in [6.07, 6.45) is 10.2. The highest BCUT2D eigenvalue weighted by Gasteiger charge is 2.30. The van der Waals surface area contributed by atoms with E-state index < -0.39 is 15.8 Å². The zero-order valence-corrected chi connectivity index (χ0v) is 34.8. The van der Waals surface area contributed by atoms with E-state index in [2.05, 4.69) is 80.2 Å². The third-order valence-corrected chi connectivity index (χ3v) is 15.0. The fourth-order valence-corrected chi connectivity index (χ4v) is 11.8. The first kappa shape index (κ1) is 40.6. The maximum atomic E-state index is 12.3. The molecule has 6 rings (SSSR count). The Morgan fingerprint density at radius 2 is 1.12 bits per heavy atom. The summed E-state index contributed by atoms with van der Waals surface area (Å²) in [6.45, 7) is 6.33. The Labute approximate surface area is 335 Å². The average Bonchev–Trinajstić information content (AvgIpc) is 3.31. The number of hydrogen-bond donors (Lipinski definition) is 1. The van der Waals surface area contributed by atoms with Gasteiger partial charge in [0.1, 0.15) is 40.4 Å². The van der Waals surface area contributed by atoms with Crippen molar-refractivity contribution in [1.82, 2.24) is 0 Å². The van der Waals surface area contributed by atoms with Crippen molar-refractivity contribution < 1.29 is 28.8 Å². The Kier molecular flexibility index (Phi) is 14.3. The molecule has 1 N–H and O–H groups in total. The van der Waals surface area contributed by atoms with Crippen LogP contribution in [0.2, 0.25) is 0 Å². The fourth-order valence-electron chi connectivity index (χ4n) is 7.12. The molecule has 1 heterocycles. The third kappa shape index (κ3) is 9.85. The molecule has 8 heteroatoms. The number of para-hydroxylation sites is 1. The number of hydrogen-bond acceptors (Lipinski definition) is 6. The summed E-state index contributed by atoms with van der Waals surface area (Å²) in [4.78, 5) is 0. The van der Waals surface area contributed by atoms with E-state index in [-0.39, 0.29) is 6.10 Å². The number of phenolic OH excluding ortho intramolecular Hbond substituents is 1. The smallest absolute Gasteiger partial charge is 0.130 e. The van der Waals surface area contributed by atoms with Gasteiger partial charge >= 0.3 is 0 Å². The van der Waals surface area contributed by atoms with Crippen LogP contribution in [0.1, 0.15) is 38.2 Å². The number of allylic oxidation sites excluding steroid dienone is 4. The predicted molar refractivity (Wildman–Crippen MR) is 235 cm³/mol. The highest BCUT2D eigenvalue weighted by Crippen LogP contribution is 2.49. The van der Waals surface area contributed by atoms with E-state index in [0.717, 1.165) is 86.3 Å². The van der Waals surface area contributed by atoms with Gasteiger partial charge in [-0.1, -0.05) is 105 Å². The molecule has 5 aromatic rings. The second kappa shape index (κ2) is 19.7. The van der Waals surface area contributed by atoms with E-state index in [1.54, 1.807) is 28.4 Å². The lowest BCUT2D eigenvalue weighted by molar-refractivity contribution is 0.122. The summed E-state index contributed by atoms with van der Waals surface area (Å²) in [7, 11) is 4.49. The summed E-state index contributed by atoms with van der Waals surface area (Å²) in [5.41, 5.74) is 3.01. The van der Waals surface area contributed by atoms with Gasteiger partial charge in [-0.2, -0.15) is 0 Å². The van der Waals surface area contributed by atoms with E-state index in [1.807, 2.05) is 66.7 Å². The molecule has 290 valence electrons. The normalized spacial score (nSPS) is 17.5. The van der Waals surface area contributed by atoms with Gasteiger partial charge in [0.25, 0.3) is 0 Å². The van der Waals surface area contributed by atoms with Crippen LogP contribution < -0.4 is 45.5 Å². The largest absolute Gasteiger partial charge is 0.507 e. The van der Waals surface area contributed by atoms with Crippen LogP contribution in [-0.2, 0) is 11.2 Å². The molecule has 0 saturated heterocycles. The molecule has 0 amide bonds. The van der Waals surface area contributed by atoms with Crippen LogP contribution in [0.3, 0.4) is 0 Å². The van der Waals surface area contributed by atoms with Crippen LogP contribution in [0.25, 0.3) is 0 Å². The van der Waals surface area contributed by atoms with Crippen LogP contribution in [0, 0.1) is 5.92 Å². The van der Waals surface area contributed by atoms with Crippen LogP contribution in [-0.4, -0.2) is 39.6 Å². The molecule has 1 unspecified atom stereocenters. The lowest BCUT2D eigenvalue weighted by Crippen LogP contribution is -2.23. The Morgan fingerprint density at radius 1 is 0.661 bits per heavy atom. The Morgan fingerprint density at radius 3 is 1.57 bits per heavy atom. The molecule has 0 bridgehead atoms. The molecule has 5 aromatic carbocycles. The van der Waals surface area contributed by atoms with Gasteiger partial charge in [0, 0.05) is 19.6 Å². The van der Waals surface area contributed by atoms with Crippen molar-refractivity contribution in [3.8, 4) is 28.7 Å². The van der Waals surface area contributed by atoms with Gasteiger partial charge in [0.15, 0.2) is 0 Å². The molecular formula is C48H52O6P2. The van der Waals surface area contributed by atoms with Gasteiger partial charge in [0.2, 0.25) is 0 Å². The second-order valence-corrected chi connectivity index (χ2v) is 18.2. The van der Waals surface area contributed by atoms with Crippen molar-refractivity contribution in [1.29, 1.82) is 0 Å². The van der Waals surface area contributed by atoms with Gasteiger partial charge in [-0.3, -0.25) is 0 Å². The number of phenols is 1. The van der Waals surface area contributed by atoms with Crippen molar-refractivity contribution in [2.45, 2.75) is 45.1 Å². The molecule has 6 nitrogen and oxygen atoms in total. The minimum atomic E-state index is -1.13. The molecule has 2 atom stereocenters. The highest BCUT2D eigenvalue weighted by atomic mass is 31.1. The Hall–Kier alpha value is -5.02. The van der Waals surface area contributed by atoms with Crippen molar-refractivity contribution in [2.75, 3.05) is 28.4 Å². The van der Waals surface area contributed by atoms with Gasteiger partial charge in [-0.25, -0.2) is 0 Å². The van der Waals surface area contributed by atoms with E-state index in [4.69, 9.17) is 23.7 Å². The maximum Gasteiger partial charge on any atom is 0.130 e. The quantitative estimate of drug-likeness (QED) is 0.0895. The van der Waals surface area contributed by atoms with Crippen LogP contribution in [0.4, 0.5) is 0 Å². The first-order valence-corrected chi connectivity index (χ1v) is 21.7. The summed E-state index contributed by atoms with van der Waals surface area (Å²) in [5, 5.41) is 17.7. The number of methoxy groups -OCH3 is 4. The first-order chi connectivity index (χ1) is 27.3. The maximum absolute atomic E-state index is 12.3. The van der Waals surface area contributed by atoms with Gasteiger partial charge in [-0.05, 0) is 114 Å². The van der Waals surface area contributed by atoms with Crippen molar-refractivity contribution in [3.05, 3.63) is 157 Å². The summed E-state index contributed by atoms with van der Waals surface area (Å²) in [6, 6.07) is 39.2. The monoisotopic (exact) mass is 786 g/mol. The zero-order chi connectivity index (χ0) is 39.4. The molecule has 0 aliphatic carbocycles. The summed E-state index contributed by atoms with van der Waals surface area (Å²) >= 11 is 0. The van der Waals surface area contributed by atoms with E-state index in [9.17, 15) is 5.11 Å². The molecule has 0 radical (unpaired) electrons. The number of ether oxygens (including phenoxy) is 5. The minimum Gasteiger partial charge on any atom is -0.507 e.